The molecule has 2 rings (SSSR count). The maximum atomic E-state index is 13.5. The molecular weight excluding hydrogens is 538 g/mol. The first-order valence-corrected chi connectivity index (χ1v) is 15.1. The molecule has 0 aromatic heterocycles. The van der Waals surface area contributed by atoms with Crippen LogP contribution in [0.25, 0.3) is 0 Å². The van der Waals surface area contributed by atoms with E-state index < -0.39 is 23.8 Å². The van der Waals surface area contributed by atoms with Crippen LogP contribution >= 0.6 is 0 Å². The van der Waals surface area contributed by atoms with Gasteiger partial charge in [0.15, 0.2) is 5.78 Å². The van der Waals surface area contributed by atoms with Crippen LogP contribution in [0, 0.1) is 11.8 Å². The molecule has 1 saturated heterocycles. The normalized spacial score (nSPS) is 16.2. The number of benzene rings is 1. The van der Waals surface area contributed by atoms with Crippen molar-refractivity contribution in [3.63, 3.8) is 0 Å². The van der Waals surface area contributed by atoms with Crippen molar-refractivity contribution in [2.24, 2.45) is 17.6 Å². The molecule has 0 saturated carbocycles. The number of ether oxygens (including phenoxy) is 1. The monoisotopic (exact) mass is 587 g/mol. The van der Waals surface area contributed by atoms with Gasteiger partial charge in [-0.25, -0.2) is 0 Å². The van der Waals surface area contributed by atoms with Crippen LogP contribution in [-0.4, -0.2) is 91.6 Å². The molecule has 11 nitrogen and oxygen atoms in total. The van der Waals surface area contributed by atoms with Crippen LogP contribution in [0.4, 0.5) is 0 Å². The highest BCUT2D eigenvalue weighted by Crippen LogP contribution is 2.22. The van der Waals surface area contributed by atoms with Crippen LogP contribution in [0.5, 0.6) is 5.75 Å². The summed E-state index contributed by atoms with van der Waals surface area (Å²) in [5.74, 6) is -2.25. The predicted octanol–water partition coefficient (Wildman–Crippen LogP) is 1.67. The van der Waals surface area contributed by atoms with Gasteiger partial charge in [-0.15, -0.1) is 0 Å². The number of nitrogens with zero attached hydrogens (tertiary/aromatic N) is 2. The lowest BCUT2D eigenvalue weighted by Crippen LogP contribution is -2.46. The van der Waals surface area contributed by atoms with Crippen molar-refractivity contribution >= 4 is 29.5 Å². The highest BCUT2D eigenvalue weighted by atomic mass is 16.5. The summed E-state index contributed by atoms with van der Waals surface area (Å²) in [6, 6.07) is 6.07. The summed E-state index contributed by atoms with van der Waals surface area (Å²) in [7, 11) is 2.06. The number of hydrogen-bond acceptors (Lipinski definition) is 8. The SMILES string of the molecule is CCCCCC(=O)NC(Cc1ccc(OC(=O)CN2CCN(C)CC2)cc1)C(=O)CC(C(=O)NCC(N)=O)C(C)CC. The van der Waals surface area contributed by atoms with E-state index >= 15 is 0 Å². The fraction of sp³-hybridized carbons (Fsp3) is 0.645. The molecule has 234 valence electrons. The Balaban J connectivity index is 2.09. The Morgan fingerprint density at radius 1 is 1.00 bits per heavy atom. The largest absolute Gasteiger partial charge is 0.426 e. The molecule has 1 aliphatic rings. The molecule has 0 radical (unpaired) electrons. The van der Waals surface area contributed by atoms with Crippen LogP contribution < -0.4 is 21.1 Å². The van der Waals surface area contributed by atoms with Gasteiger partial charge in [0.25, 0.3) is 0 Å². The Morgan fingerprint density at radius 2 is 1.67 bits per heavy atom. The molecule has 0 spiro atoms. The Bertz CT molecular complexity index is 1040. The molecule has 3 amide bonds. The number of nitrogens with two attached hydrogens (primary N) is 1. The minimum Gasteiger partial charge on any atom is -0.426 e. The number of hydrogen-bond donors (Lipinski definition) is 3. The number of carbonyl (C=O) groups is 5. The first-order chi connectivity index (χ1) is 20.0. The van der Waals surface area contributed by atoms with Gasteiger partial charge in [-0.2, -0.15) is 0 Å². The molecule has 1 heterocycles. The molecule has 3 atom stereocenters. The van der Waals surface area contributed by atoms with Crippen molar-refractivity contribution < 1.29 is 28.7 Å². The van der Waals surface area contributed by atoms with Crippen molar-refractivity contribution in [3.05, 3.63) is 29.8 Å². The van der Waals surface area contributed by atoms with Gasteiger partial charge >= 0.3 is 5.97 Å². The van der Waals surface area contributed by atoms with E-state index in [2.05, 4.69) is 34.4 Å². The third-order valence-corrected chi connectivity index (χ3v) is 7.80. The average molecular weight is 588 g/mol. The van der Waals surface area contributed by atoms with Gasteiger partial charge in [0.1, 0.15) is 5.75 Å². The lowest BCUT2D eigenvalue weighted by Gasteiger charge is -2.31. The molecule has 0 aliphatic carbocycles. The van der Waals surface area contributed by atoms with Crippen molar-refractivity contribution in [2.45, 2.75) is 71.8 Å². The molecule has 4 N–H and O–H groups in total. The first-order valence-electron chi connectivity index (χ1n) is 15.1. The fourth-order valence-corrected chi connectivity index (χ4v) is 4.83. The second-order valence-electron chi connectivity index (χ2n) is 11.3. The van der Waals surface area contributed by atoms with Gasteiger partial charge in [-0.3, -0.25) is 28.9 Å². The van der Waals surface area contributed by atoms with Gasteiger partial charge in [0.05, 0.1) is 19.1 Å². The zero-order chi connectivity index (χ0) is 31.1. The van der Waals surface area contributed by atoms with Crippen LogP contribution in [0.1, 0.15) is 64.9 Å². The summed E-state index contributed by atoms with van der Waals surface area (Å²) in [4.78, 5) is 67.0. The maximum absolute atomic E-state index is 13.5. The molecular formula is C31H49N5O6. The summed E-state index contributed by atoms with van der Waals surface area (Å²) in [5, 5.41) is 5.40. The van der Waals surface area contributed by atoms with Gasteiger partial charge in [-0.05, 0) is 43.5 Å². The maximum Gasteiger partial charge on any atom is 0.325 e. The van der Waals surface area contributed by atoms with Gasteiger partial charge in [-0.1, -0.05) is 52.2 Å². The second-order valence-corrected chi connectivity index (χ2v) is 11.3. The van der Waals surface area contributed by atoms with Crippen LogP contribution in [0.2, 0.25) is 0 Å². The molecule has 1 fully saturated rings. The number of amides is 3. The Labute approximate surface area is 249 Å². The topological polar surface area (TPSA) is 151 Å². The van der Waals surface area contributed by atoms with E-state index in [1.807, 2.05) is 13.8 Å². The van der Waals surface area contributed by atoms with E-state index in [9.17, 15) is 24.0 Å². The minimum absolute atomic E-state index is 0.0818. The Morgan fingerprint density at radius 3 is 2.26 bits per heavy atom. The van der Waals surface area contributed by atoms with Crippen molar-refractivity contribution in [3.8, 4) is 5.75 Å². The number of rotatable bonds is 18. The van der Waals surface area contributed by atoms with Crippen LogP contribution in [0.3, 0.4) is 0 Å². The number of likely N-dealkylation sites (N-methyl/N-ethyl adjacent to an activating group) is 1. The zero-order valence-electron chi connectivity index (χ0n) is 25.7. The van der Waals surface area contributed by atoms with Crippen molar-refractivity contribution in [2.75, 3.05) is 46.3 Å². The summed E-state index contributed by atoms with van der Waals surface area (Å²) < 4.78 is 5.52. The second kappa shape index (κ2) is 18.3. The lowest BCUT2D eigenvalue weighted by atomic mass is 9.84. The Kier molecular flexibility index (Phi) is 15.2. The van der Waals surface area contributed by atoms with E-state index in [0.717, 1.165) is 51.0 Å². The van der Waals surface area contributed by atoms with E-state index in [1.165, 1.54) is 0 Å². The number of piperazine rings is 1. The van der Waals surface area contributed by atoms with E-state index in [1.54, 1.807) is 24.3 Å². The van der Waals surface area contributed by atoms with Crippen LogP contribution in [-0.2, 0) is 30.4 Å². The predicted molar refractivity (Wildman–Crippen MR) is 161 cm³/mol. The summed E-state index contributed by atoms with van der Waals surface area (Å²) in [5.41, 5.74) is 5.95. The molecule has 42 heavy (non-hydrogen) atoms. The number of carbonyl (C=O) groups excluding carboxylic acids is 5. The van der Waals surface area contributed by atoms with Gasteiger partial charge in [0.2, 0.25) is 17.7 Å². The zero-order valence-corrected chi connectivity index (χ0v) is 25.7. The van der Waals surface area contributed by atoms with E-state index in [-0.39, 0.29) is 49.5 Å². The summed E-state index contributed by atoms with van der Waals surface area (Å²) >= 11 is 0. The lowest BCUT2D eigenvalue weighted by molar-refractivity contribution is -0.136. The van der Waals surface area contributed by atoms with Crippen molar-refractivity contribution in [1.82, 2.24) is 20.4 Å². The van der Waals surface area contributed by atoms with E-state index in [4.69, 9.17) is 10.5 Å². The first kappa shape index (κ1) is 34.9. The molecule has 11 heteroatoms. The highest BCUT2D eigenvalue weighted by molar-refractivity contribution is 5.93. The minimum atomic E-state index is -0.833. The summed E-state index contributed by atoms with van der Waals surface area (Å²) in [6.45, 7) is 9.23. The highest BCUT2D eigenvalue weighted by Gasteiger charge is 2.31. The molecule has 3 unspecified atom stereocenters. The van der Waals surface area contributed by atoms with Gasteiger partial charge in [0, 0.05) is 44.9 Å². The number of primary amides is 1. The molecule has 1 aromatic carbocycles. The van der Waals surface area contributed by atoms with Gasteiger partial charge < -0.3 is 26.0 Å². The quantitative estimate of drug-likeness (QED) is 0.133. The molecule has 1 aliphatic heterocycles. The van der Waals surface area contributed by atoms with Crippen molar-refractivity contribution in [1.29, 1.82) is 0 Å². The smallest absolute Gasteiger partial charge is 0.325 e. The number of unbranched alkanes of at least 4 members (excludes halogenated alkanes) is 2. The molecule has 1 aromatic rings. The standard InChI is InChI=1S/C31H49N5O6/c1-5-7-8-9-29(39)34-26(27(37)19-25(22(3)6-2)31(41)33-20-28(32)38)18-23-10-12-24(13-11-23)42-30(40)21-36-16-14-35(4)15-17-36/h10-13,22,25-26H,5-9,14-21H2,1-4H3,(H2,32,38)(H,33,41)(H,34,39). The average Bonchev–Trinajstić information content (AvgIpc) is 2.96. The third kappa shape index (κ3) is 12.7. The van der Waals surface area contributed by atoms with E-state index in [0.29, 0.717) is 18.6 Å². The number of nitrogens with one attached hydrogen (secondary N) is 2. The Hall–Kier alpha value is -3.31. The fourth-order valence-electron chi connectivity index (χ4n) is 4.83. The summed E-state index contributed by atoms with van der Waals surface area (Å²) in [6.07, 6.45) is 3.72. The number of esters is 1. The third-order valence-electron chi connectivity index (χ3n) is 7.80. The van der Waals surface area contributed by atoms with Crippen LogP contribution in [0.15, 0.2) is 24.3 Å². The number of ketones is 1. The number of Topliss-reactive ketones (excluding diaryl/α,β-unsaturated/α-hetero) is 1. The molecule has 0 bridgehead atoms.